The minimum atomic E-state index is -1.13. The van der Waals surface area contributed by atoms with Crippen molar-refractivity contribution in [2.75, 3.05) is 18.5 Å². The number of hydrogen-bond donors (Lipinski definition) is 3. The maximum Gasteiger partial charge on any atom is 0.329 e. The highest BCUT2D eigenvalue weighted by atomic mass is 16.5. The summed E-state index contributed by atoms with van der Waals surface area (Å²) in [5.41, 5.74) is 1.45. The molecule has 2 amide bonds. The Morgan fingerprint density at radius 2 is 2.00 bits per heavy atom. The van der Waals surface area contributed by atoms with Crippen LogP contribution in [0, 0.1) is 0 Å². The molecule has 0 aliphatic carbocycles. The zero-order valence-electron chi connectivity index (χ0n) is 11.9. The summed E-state index contributed by atoms with van der Waals surface area (Å²) in [4.78, 5) is 32.8. The van der Waals surface area contributed by atoms with Gasteiger partial charge in [0.25, 0.3) is 0 Å². The van der Waals surface area contributed by atoms with Crippen molar-refractivity contribution in [1.82, 2.24) is 5.32 Å². The maximum atomic E-state index is 11.6. The molecule has 7 heteroatoms. The number of ether oxygens (including phenoxy) is 1. The third-order valence-corrected chi connectivity index (χ3v) is 2.54. The van der Waals surface area contributed by atoms with Crippen LogP contribution in [0.1, 0.15) is 25.5 Å². The first-order chi connectivity index (χ1) is 9.88. The molecule has 1 unspecified atom stereocenters. The van der Waals surface area contributed by atoms with Crippen LogP contribution in [0.4, 0.5) is 5.69 Å². The highest BCUT2D eigenvalue weighted by Crippen LogP contribution is 2.17. The van der Waals surface area contributed by atoms with E-state index < -0.39 is 18.5 Å². The number of carboxylic acids is 1. The topological polar surface area (TPSA) is 105 Å². The molecule has 0 heterocycles. The summed E-state index contributed by atoms with van der Waals surface area (Å²) in [6, 6.07) is 6.79. The second-order valence-electron chi connectivity index (χ2n) is 4.48. The van der Waals surface area contributed by atoms with E-state index in [-0.39, 0.29) is 18.6 Å². The zero-order valence-corrected chi connectivity index (χ0v) is 11.9. The molecular weight excluding hydrogens is 276 g/mol. The first-order valence-electron chi connectivity index (χ1n) is 6.35. The van der Waals surface area contributed by atoms with Gasteiger partial charge < -0.3 is 20.5 Å². The molecule has 1 atom stereocenters. The Balaban J connectivity index is 2.54. The van der Waals surface area contributed by atoms with E-state index in [4.69, 9.17) is 9.84 Å². The van der Waals surface area contributed by atoms with Crippen LogP contribution >= 0.6 is 0 Å². The molecule has 1 aromatic carbocycles. The molecule has 0 aliphatic rings. The van der Waals surface area contributed by atoms with Gasteiger partial charge in [0.05, 0.1) is 6.04 Å². The summed E-state index contributed by atoms with van der Waals surface area (Å²) >= 11 is 0. The Morgan fingerprint density at radius 1 is 1.29 bits per heavy atom. The molecule has 3 N–H and O–H groups in total. The normalized spacial score (nSPS) is 11.5. The number of benzene rings is 1. The van der Waals surface area contributed by atoms with Gasteiger partial charge in [-0.05, 0) is 24.6 Å². The average molecular weight is 294 g/mol. The molecule has 0 saturated carbocycles. The van der Waals surface area contributed by atoms with Gasteiger partial charge in [-0.2, -0.15) is 0 Å². The molecule has 0 bridgehead atoms. The zero-order chi connectivity index (χ0) is 15.8. The number of nitrogens with one attached hydrogen (secondary N) is 2. The predicted octanol–water partition coefficient (Wildman–Crippen LogP) is 0.923. The molecule has 21 heavy (non-hydrogen) atoms. The minimum absolute atomic E-state index is 0.175. The smallest absolute Gasteiger partial charge is 0.329 e. The number of amides is 2. The summed E-state index contributed by atoms with van der Waals surface area (Å²) in [7, 11) is 0. The van der Waals surface area contributed by atoms with Crippen LogP contribution in [0.15, 0.2) is 24.3 Å². The molecule has 0 radical (unpaired) electrons. The number of aliphatic carboxylic acids is 1. The van der Waals surface area contributed by atoms with Crippen molar-refractivity contribution in [3.63, 3.8) is 0 Å². The highest BCUT2D eigenvalue weighted by molar-refractivity contribution is 5.88. The van der Waals surface area contributed by atoms with Crippen LogP contribution in [-0.4, -0.2) is 36.1 Å². The van der Waals surface area contributed by atoms with E-state index in [1.807, 2.05) is 6.07 Å². The number of hydrogen-bond acceptors (Lipinski definition) is 4. The van der Waals surface area contributed by atoms with Crippen molar-refractivity contribution < 1.29 is 24.2 Å². The lowest BCUT2D eigenvalue weighted by Gasteiger charge is -2.15. The fraction of sp³-hybridized carbons (Fsp3) is 0.357. The Kier molecular flexibility index (Phi) is 6.35. The Hall–Kier alpha value is -2.41. The summed E-state index contributed by atoms with van der Waals surface area (Å²) in [5, 5.41) is 13.7. The van der Waals surface area contributed by atoms with E-state index in [0.29, 0.717) is 5.69 Å². The van der Waals surface area contributed by atoms with Crippen LogP contribution in [0.3, 0.4) is 0 Å². The first kappa shape index (κ1) is 16.6. The molecule has 7 nitrogen and oxygen atoms in total. The number of carbonyl (C=O) groups is 3. The van der Waals surface area contributed by atoms with Gasteiger partial charge >= 0.3 is 5.97 Å². The van der Waals surface area contributed by atoms with Gasteiger partial charge in [0.15, 0.2) is 0 Å². The van der Waals surface area contributed by atoms with Crippen molar-refractivity contribution in [2.45, 2.75) is 19.9 Å². The quantitative estimate of drug-likeness (QED) is 0.693. The van der Waals surface area contributed by atoms with Crippen LogP contribution in [0.25, 0.3) is 0 Å². The van der Waals surface area contributed by atoms with Crippen LogP contribution in [0.2, 0.25) is 0 Å². The highest BCUT2D eigenvalue weighted by Gasteiger charge is 2.11. The number of carbonyl (C=O) groups excluding carboxylic acids is 2. The maximum absolute atomic E-state index is 11.6. The van der Waals surface area contributed by atoms with Gasteiger partial charge in [-0.1, -0.05) is 12.1 Å². The molecule has 0 fully saturated rings. The molecule has 0 saturated heterocycles. The van der Waals surface area contributed by atoms with Crippen LogP contribution < -0.4 is 10.6 Å². The SMILES string of the molecule is CC(=O)Nc1cccc(C(C)NC(=O)COCC(=O)O)c1. The summed E-state index contributed by atoms with van der Waals surface area (Å²) in [5.74, 6) is -1.71. The monoisotopic (exact) mass is 294 g/mol. The molecular formula is C14H18N2O5. The van der Waals surface area contributed by atoms with E-state index in [0.717, 1.165) is 5.56 Å². The molecule has 1 rings (SSSR count). The predicted molar refractivity (Wildman–Crippen MR) is 75.8 cm³/mol. The Bertz CT molecular complexity index is 530. The third kappa shape index (κ3) is 6.53. The van der Waals surface area contributed by atoms with Gasteiger partial charge in [0, 0.05) is 12.6 Å². The van der Waals surface area contributed by atoms with Gasteiger partial charge in [-0.25, -0.2) is 4.79 Å². The Labute approximate surface area is 122 Å². The van der Waals surface area contributed by atoms with Crippen molar-refractivity contribution in [2.24, 2.45) is 0 Å². The lowest BCUT2D eigenvalue weighted by Crippen LogP contribution is -2.31. The lowest BCUT2D eigenvalue weighted by atomic mass is 10.1. The minimum Gasteiger partial charge on any atom is -0.480 e. The van der Waals surface area contributed by atoms with Crippen molar-refractivity contribution >= 4 is 23.5 Å². The fourth-order valence-electron chi connectivity index (χ4n) is 1.69. The summed E-state index contributed by atoms with van der Waals surface area (Å²) in [6.45, 7) is 2.36. The summed E-state index contributed by atoms with van der Waals surface area (Å²) < 4.78 is 4.70. The molecule has 1 aromatic rings. The van der Waals surface area contributed by atoms with E-state index >= 15 is 0 Å². The van der Waals surface area contributed by atoms with Gasteiger partial charge in [0.1, 0.15) is 13.2 Å². The van der Waals surface area contributed by atoms with Gasteiger partial charge in [-0.3, -0.25) is 9.59 Å². The van der Waals surface area contributed by atoms with Gasteiger partial charge in [0.2, 0.25) is 11.8 Å². The third-order valence-electron chi connectivity index (χ3n) is 2.54. The number of rotatable bonds is 7. The van der Waals surface area contributed by atoms with Gasteiger partial charge in [-0.15, -0.1) is 0 Å². The van der Waals surface area contributed by atoms with Crippen molar-refractivity contribution in [3.05, 3.63) is 29.8 Å². The molecule has 0 aliphatic heterocycles. The molecule has 0 aromatic heterocycles. The largest absolute Gasteiger partial charge is 0.480 e. The average Bonchev–Trinajstić information content (AvgIpc) is 2.37. The van der Waals surface area contributed by atoms with Crippen molar-refractivity contribution in [1.29, 1.82) is 0 Å². The number of carboxylic acid groups (broad SMARTS) is 1. The van der Waals surface area contributed by atoms with E-state index in [1.165, 1.54) is 6.92 Å². The van der Waals surface area contributed by atoms with E-state index in [1.54, 1.807) is 25.1 Å². The second-order valence-corrected chi connectivity index (χ2v) is 4.48. The summed E-state index contributed by atoms with van der Waals surface area (Å²) in [6.07, 6.45) is 0. The van der Waals surface area contributed by atoms with E-state index in [2.05, 4.69) is 10.6 Å². The first-order valence-corrected chi connectivity index (χ1v) is 6.35. The van der Waals surface area contributed by atoms with Crippen molar-refractivity contribution in [3.8, 4) is 0 Å². The standard InChI is InChI=1S/C14H18N2O5/c1-9(15-13(18)7-21-8-14(19)20)11-4-3-5-12(6-11)16-10(2)17/h3-6,9H,7-8H2,1-2H3,(H,15,18)(H,16,17)(H,19,20). The fourth-order valence-corrected chi connectivity index (χ4v) is 1.69. The van der Waals surface area contributed by atoms with Crippen LogP contribution in [0.5, 0.6) is 0 Å². The Morgan fingerprint density at radius 3 is 2.62 bits per heavy atom. The van der Waals surface area contributed by atoms with Crippen LogP contribution in [-0.2, 0) is 19.1 Å². The lowest BCUT2D eigenvalue weighted by molar-refractivity contribution is -0.143. The molecule has 114 valence electrons. The van der Waals surface area contributed by atoms with E-state index in [9.17, 15) is 14.4 Å². The number of anilines is 1. The molecule has 0 spiro atoms. The second kappa shape index (κ2) is 8.01.